The lowest BCUT2D eigenvalue weighted by molar-refractivity contribution is 0.0696. The van der Waals surface area contributed by atoms with Crippen molar-refractivity contribution in [3.8, 4) is 11.4 Å². The molecular formula is C13H13ClN2O3. The molecule has 0 saturated heterocycles. The molecule has 0 aliphatic rings. The number of rotatable bonds is 4. The molecule has 1 heterocycles. The van der Waals surface area contributed by atoms with Crippen LogP contribution in [-0.4, -0.2) is 27.5 Å². The van der Waals surface area contributed by atoms with Crippen molar-refractivity contribution < 1.29 is 14.6 Å². The largest absolute Gasteiger partial charge is 0.492 e. The van der Waals surface area contributed by atoms with Crippen LogP contribution in [0.15, 0.2) is 24.3 Å². The van der Waals surface area contributed by atoms with E-state index in [0.29, 0.717) is 23.7 Å². The van der Waals surface area contributed by atoms with Gasteiger partial charge in [-0.2, -0.15) is 5.10 Å². The van der Waals surface area contributed by atoms with Crippen molar-refractivity contribution in [2.24, 2.45) is 0 Å². The van der Waals surface area contributed by atoms with Crippen LogP contribution in [-0.2, 0) is 0 Å². The molecule has 2 aromatic rings. The maximum Gasteiger partial charge on any atom is 0.340 e. The molecular weight excluding hydrogens is 268 g/mol. The fraction of sp³-hybridized carbons (Fsp3) is 0.231. The second-order valence-electron chi connectivity index (χ2n) is 3.87. The van der Waals surface area contributed by atoms with Gasteiger partial charge >= 0.3 is 5.97 Å². The third-order valence-corrected chi connectivity index (χ3v) is 2.96. The van der Waals surface area contributed by atoms with E-state index in [1.807, 2.05) is 19.1 Å². The van der Waals surface area contributed by atoms with Crippen LogP contribution in [0.4, 0.5) is 0 Å². The maximum absolute atomic E-state index is 11.1. The van der Waals surface area contributed by atoms with Crippen molar-refractivity contribution in [2.45, 2.75) is 13.8 Å². The highest BCUT2D eigenvalue weighted by molar-refractivity contribution is 6.33. The Bertz CT molecular complexity index is 622. The number of hydrogen-bond acceptors (Lipinski definition) is 3. The number of aromatic nitrogens is 2. The molecule has 0 aliphatic carbocycles. The number of para-hydroxylation sites is 2. The molecule has 0 spiro atoms. The molecule has 100 valence electrons. The third kappa shape index (κ3) is 2.42. The number of ether oxygens (including phenoxy) is 1. The second-order valence-corrected chi connectivity index (χ2v) is 4.23. The molecule has 6 heteroatoms. The Morgan fingerprint density at radius 1 is 1.47 bits per heavy atom. The van der Waals surface area contributed by atoms with Crippen LogP contribution in [0, 0.1) is 6.92 Å². The Balaban J connectivity index is 2.60. The highest BCUT2D eigenvalue weighted by Gasteiger charge is 2.21. The first-order valence-corrected chi connectivity index (χ1v) is 6.14. The van der Waals surface area contributed by atoms with Gasteiger partial charge in [-0.15, -0.1) is 0 Å². The van der Waals surface area contributed by atoms with Crippen molar-refractivity contribution in [3.63, 3.8) is 0 Å². The summed E-state index contributed by atoms with van der Waals surface area (Å²) >= 11 is 6.10. The van der Waals surface area contributed by atoms with Crippen molar-refractivity contribution in [1.82, 2.24) is 9.78 Å². The van der Waals surface area contributed by atoms with E-state index >= 15 is 0 Å². The van der Waals surface area contributed by atoms with Gasteiger partial charge in [-0.3, -0.25) is 0 Å². The highest BCUT2D eigenvalue weighted by Crippen LogP contribution is 2.28. The molecule has 0 amide bonds. The summed E-state index contributed by atoms with van der Waals surface area (Å²) in [4.78, 5) is 11.1. The van der Waals surface area contributed by atoms with Crippen LogP contribution >= 0.6 is 11.6 Å². The summed E-state index contributed by atoms with van der Waals surface area (Å²) in [6, 6.07) is 7.20. The number of halogens is 1. The van der Waals surface area contributed by atoms with E-state index in [4.69, 9.17) is 21.4 Å². The van der Waals surface area contributed by atoms with E-state index in [0.717, 1.165) is 0 Å². The number of hydrogen-bond donors (Lipinski definition) is 1. The second kappa shape index (κ2) is 5.32. The fourth-order valence-electron chi connectivity index (χ4n) is 1.81. The molecule has 0 radical (unpaired) electrons. The molecule has 0 unspecified atom stereocenters. The van der Waals surface area contributed by atoms with Gasteiger partial charge in [0.05, 0.1) is 12.3 Å². The Labute approximate surface area is 115 Å². The Hall–Kier alpha value is -2.01. The number of carboxylic acid groups (broad SMARTS) is 1. The minimum Gasteiger partial charge on any atom is -0.492 e. The van der Waals surface area contributed by atoms with Crippen LogP contribution in [0.3, 0.4) is 0 Å². The first-order chi connectivity index (χ1) is 9.06. The maximum atomic E-state index is 11.1. The standard InChI is InChI=1S/C13H13ClN2O3/c1-3-19-10-7-5-4-6-9(10)16-12(14)11(13(17)18)8(2)15-16/h4-7H,3H2,1-2H3,(H,17,18). The van der Waals surface area contributed by atoms with Gasteiger partial charge in [-0.25, -0.2) is 9.48 Å². The minimum absolute atomic E-state index is 0.00738. The molecule has 1 aromatic heterocycles. The number of aryl methyl sites for hydroxylation is 1. The molecule has 0 fully saturated rings. The molecule has 19 heavy (non-hydrogen) atoms. The third-order valence-electron chi connectivity index (χ3n) is 2.61. The van der Waals surface area contributed by atoms with Crippen molar-refractivity contribution in [1.29, 1.82) is 0 Å². The molecule has 0 saturated carbocycles. The van der Waals surface area contributed by atoms with E-state index in [9.17, 15) is 4.79 Å². The zero-order valence-electron chi connectivity index (χ0n) is 10.6. The van der Waals surface area contributed by atoms with E-state index in [1.165, 1.54) is 4.68 Å². The van der Waals surface area contributed by atoms with E-state index < -0.39 is 5.97 Å². The van der Waals surface area contributed by atoms with Gasteiger partial charge in [-0.1, -0.05) is 23.7 Å². The smallest absolute Gasteiger partial charge is 0.340 e. The van der Waals surface area contributed by atoms with Crippen molar-refractivity contribution in [2.75, 3.05) is 6.61 Å². The van der Waals surface area contributed by atoms with Gasteiger partial charge < -0.3 is 9.84 Å². The number of benzene rings is 1. The minimum atomic E-state index is -1.09. The van der Waals surface area contributed by atoms with Crippen molar-refractivity contribution >= 4 is 17.6 Å². The number of carbonyl (C=O) groups is 1. The van der Waals surface area contributed by atoms with Crippen LogP contribution in [0.5, 0.6) is 5.75 Å². The van der Waals surface area contributed by atoms with Gasteiger partial charge in [0.15, 0.2) is 0 Å². The molecule has 1 aromatic carbocycles. The normalized spacial score (nSPS) is 10.5. The van der Waals surface area contributed by atoms with Crippen LogP contribution < -0.4 is 4.74 Å². The topological polar surface area (TPSA) is 64.4 Å². The first-order valence-electron chi connectivity index (χ1n) is 5.76. The number of aromatic carboxylic acids is 1. The van der Waals surface area contributed by atoms with Gasteiger partial charge in [0.25, 0.3) is 0 Å². The summed E-state index contributed by atoms with van der Waals surface area (Å²) in [6.07, 6.45) is 0. The zero-order chi connectivity index (χ0) is 14.0. The highest BCUT2D eigenvalue weighted by atomic mass is 35.5. The van der Waals surface area contributed by atoms with E-state index in [2.05, 4.69) is 5.10 Å². The summed E-state index contributed by atoms with van der Waals surface area (Å²) in [5.74, 6) is -0.492. The van der Waals surface area contributed by atoms with Gasteiger partial charge in [0.2, 0.25) is 0 Å². The van der Waals surface area contributed by atoms with E-state index in [-0.39, 0.29) is 10.7 Å². The van der Waals surface area contributed by atoms with Crippen LogP contribution in [0.25, 0.3) is 5.69 Å². The van der Waals surface area contributed by atoms with Gasteiger partial charge in [0.1, 0.15) is 22.2 Å². The SMILES string of the molecule is CCOc1ccccc1-n1nc(C)c(C(=O)O)c1Cl. The van der Waals surface area contributed by atoms with Crippen molar-refractivity contribution in [3.05, 3.63) is 40.7 Å². The molecule has 1 N–H and O–H groups in total. The lowest BCUT2D eigenvalue weighted by Gasteiger charge is -2.10. The molecule has 2 rings (SSSR count). The Kier molecular flexibility index (Phi) is 3.76. The quantitative estimate of drug-likeness (QED) is 0.935. The average Bonchev–Trinajstić information content (AvgIpc) is 2.66. The van der Waals surface area contributed by atoms with Gasteiger partial charge in [-0.05, 0) is 26.0 Å². The summed E-state index contributed by atoms with van der Waals surface area (Å²) in [7, 11) is 0. The first kappa shape index (κ1) is 13.4. The molecule has 0 bridgehead atoms. The predicted octanol–water partition coefficient (Wildman–Crippen LogP) is 2.93. The fourth-order valence-corrected chi connectivity index (χ4v) is 2.16. The molecule has 0 aliphatic heterocycles. The van der Waals surface area contributed by atoms with Crippen LogP contribution in [0.2, 0.25) is 5.15 Å². The molecule has 5 nitrogen and oxygen atoms in total. The summed E-state index contributed by atoms with van der Waals surface area (Å²) in [5, 5.41) is 13.3. The summed E-state index contributed by atoms with van der Waals surface area (Å²) in [6.45, 7) is 3.98. The average molecular weight is 281 g/mol. The monoisotopic (exact) mass is 280 g/mol. The Morgan fingerprint density at radius 3 is 2.74 bits per heavy atom. The number of carboxylic acids is 1. The lowest BCUT2D eigenvalue weighted by Crippen LogP contribution is -2.02. The Morgan fingerprint density at radius 2 is 2.16 bits per heavy atom. The van der Waals surface area contributed by atoms with Crippen LogP contribution in [0.1, 0.15) is 23.0 Å². The van der Waals surface area contributed by atoms with Gasteiger partial charge in [0, 0.05) is 0 Å². The van der Waals surface area contributed by atoms with E-state index in [1.54, 1.807) is 19.1 Å². The predicted molar refractivity (Wildman–Crippen MR) is 71.4 cm³/mol. The summed E-state index contributed by atoms with van der Waals surface area (Å²) < 4.78 is 6.87. The summed E-state index contributed by atoms with van der Waals surface area (Å²) in [5.41, 5.74) is 0.988. The zero-order valence-corrected chi connectivity index (χ0v) is 11.3. The molecule has 0 atom stereocenters. The lowest BCUT2D eigenvalue weighted by atomic mass is 10.2. The number of nitrogens with zero attached hydrogens (tertiary/aromatic N) is 2.